The maximum atomic E-state index is 12.5. The minimum Gasteiger partial charge on any atom is -0.476 e. The number of hydrogen-bond acceptors (Lipinski definition) is 5. The van der Waals surface area contributed by atoms with Crippen molar-refractivity contribution in [3.63, 3.8) is 0 Å². The van der Waals surface area contributed by atoms with Gasteiger partial charge in [-0.05, 0) is 31.2 Å². The van der Waals surface area contributed by atoms with E-state index in [1.54, 1.807) is 11.2 Å². The molecular formula is C16H16N2O5. The number of aryl methyl sites for hydroxylation is 1. The number of carbonyl (C=O) groups excluding carboxylic acids is 1. The molecule has 7 heteroatoms. The summed E-state index contributed by atoms with van der Waals surface area (Å²) < 4.78 is 10.7. The first-order chi connectivity index (χ1) is 11.1. The predicted octanol–water partition coefficient (Wildman–Crippen LogP) is 2.08. The van der Waals surface area contributed by atoms with Crippen molar-refractivity contribution in [1.29, 1.82) is 0 Å². The molecule has 0 unspecified atom stereocenters. The van der Waals surface area contributed by atoms with E-state index in [1.807, 2.05) is 0 Å². The third kappa shape index (κ3) is 2.32. The predicted molar refractivity (Wildman–Crippen MR) is 77.5 cm³/mol. The lowest BCUT2D eigenvalue weighted by Gasteiger charge is -2.37. The van der Waals surface area contributed by atoms with Gasteiger partial charge < -0.3 is 18.8 Å². The number of fused-ring (bicyclic) bond motifs is 1. The second kappa shape index (κ2) is 5.26. The number of hydrogen-bond donors (Lipinski definition) is 1. The molecule has 2 aromatic rings. The van der Waals surface area contributed by atoms with Crippen LogP contribution in [0.4, 0.5) is 0 Å². The van der Waals surface area contributed by atoms with Gasteiger partial charge in [-0.3, -0.25) is 4.79 Å². The van der Waals surface area contributed by atoms with Gasteiger partial charge in [-0.2, -0.15) is 0 Å². The number of aromatic nitrogens is 1. The van der Waals surface area contributed by atoms with Crippen molar-refractivity contribution >= 4 is 11.9 Å². The molecule has 1 amide bonds. The number of carbonyl (C=O) groups is 2. The van der Waals surface area contributed by atoms with E-state index in [0.717, 1.165) is 43.1 Å². The van der Waals surface area contributed by atoms with Gasteiger partial charge in [-0.1, -0.05) is 0 Å². The van der Waals surface area contributed by atoms with Crippen LogP contribution in [0, 0.1) is 0 Å². The average Bonchev–Trinajstić information content (AvgIpc) is 3.12. The van der Waals surface area contributed by atoms with Crippen LogP contribution >= 0.6 is 0 Å². The number of likely N-dealkylation sites (tertiary alicyclic amines) is 1. The highest BCUT2D eigenvalue weighted by Crippen LogP contribution is 2.31. The Morgan fingerprint density at radius 1 is 1.17 bits per heavy atom. The molecule has 2 aromatic heterocycles. The molecule has 0 saturated carbocycles. The number of carboxylic acids is 1. The number of carboxylic acid groups (broad SMARTS) is 1. The van der Waals surface area contributed by atoms with Crippen LogP contribution in [0.2, 0.25) is 0 Å². The molecule has 2 aliphatic rings. The third-order valence-corrected chi connectivity index (χ3v) is 4.56. The molecule has 120 valence electrons. The summed E-state index contributed by atoms with van der Waals surface area (Å²) in [5.41, 5.74) is 2.09. The summed E-state index contributed by atoms with van der Waals surface area (Å²) in [4.78, 5) is 29.0. The number of aromatic carboxylic acids is 1. The lowest BCUT2D eigenvalue weighted by molar-refractivity contribution is 0.0541. The Labute approximate surface area is 131 Å². The van der Waals surface area contributed by atoms with Crippen LogP contribution in [0.3, 0.4) is 0 Å². The number of rotatable bonds is 3. The first-order valence-electron chi connectivity index (χ1n) is 7.70. The lowest BCUT2D eigenvalue weighted by Crippen LogP contribution is -2.48. The molecule has 4 rings (SSSR count). The molecule has 23 heavy (non-hydrogen) atoms. The van der Waals surface area contributed by atoms with Gasteiger partial charge in [0.05, 0.1) is 12.2 Å². The molecule has 7 nitrogen and oxygen atoms in total. The van der Waals surface area contributed by atoms with Crippen LogP contribution in [-0.2, 0) is 12.8 Å². The largest absolute Gasteiger partial charge is 0.476 e. The summed E-state index contributed by atoms with van der Waals surface area (Å²) in [5.74, 6) is -0.452. The second-order valence-corrected chi connectivity index (χ2v) is 6.06. The highest BCUT2D eigenvalue weighted by Gasteiger charge is 2.38. The summed E-state index contributed by atoms with van der Waals surface area (Å²) in [6.45, 7) is 0.932. The summed E-state index contributed by atoms with van der Waals surface area (Å²) in [6, 6.07) is 0. The molecule has 1 N–H and O–H groups in total. The summed E-state index contributed by atoms with van der Waals surface area (Å²) in [6.07, 6.45) is 6.93. The highest BCUT2D eigenvalue weighted by molar-refractivity contribution is 5.94. The van der Waals surface area contributed by atoms with Crippen molar-refractivity contribution in [2.75, 3.05) is 13.1 Å². The smallest absolute Gasteiger partial charge is 0.357 e. The zero-order valence-electron chi connectivity index (χ0n) is 12.4. The fraction of sp³-hybridized carbons (Fsp3) is 0.438. The average molecular weight is 316 g/mol. The Bertz CT molecular complexity index is 769. The van der Waals surface area contributed by atoms with Gasteiger partial charge in [0.25, 0.3) is 5.91 Å². The normalized spacial score (nSPS) is 17.7. The van der Waals surface area contributed by atoms with E-state index in [2.05, 4.69) is 4.98 Å². The third-order valence-electron chi connectivity index (χ3n) is 4.56. The molecule has 0 bridgehead atoms. The number of amides is 1. The van der Waals surface area contributed by atoms with Crippen LogP contribution in [-0.4, -0.2) is 40.0 Å². The van der Waals surface area contributed by atoms with Gasteiger partial charge in [0, 0.05) is 18.7 Å². The van der Waals surface area contributed by atoms with Gasteiger partial charge in [0.2, 0.25) is 5.89 Å². The topological polar surface area (TPSA) is 96.8 Å². The van der Waals surface area contributed by atoms with E-state index in [0.29, 0.717) is 24.7 Å². The number of nitrogens with zero attached hydrogens (tertiary/aromatic N) is 2. The molecule has 1 aliphatic heterocycles. The van der Waals surface area contributed by atoms with Crippen LogP contribution in [0.15, 0.2) is 21.4 Å². The zero-order valence-corrected chi connectivity index (χ0v) is 12.4. The Morgan fingerprint density at radius 3 is 2.70 bits per heavy atom. The van der Waals surface area contributed by atoms with Crippen LogP contribution in [0.25, 0.3) is 0 Å². The van der Waals surface area contributed by atoms with Gasteiger partial charge >= 0.3 is 5.97 Å². The van der Waals surface area contributed by atoms with Crippen LogP contribution in [0.1, 0.15) is 56.8 Å². The highest BCUT2D eigenvalue weighted by atomic mass is 16.4. The first kappa shape index (κ1) is 14.0. The van der Waals surface area contributed by atoms with Crippen LogP contribution < -0.4 is 0 Å². The van der Waals surface area contributed by atoms with Crippen LogP contribution in [0.5, 0.6) is 0 Å². The van der Waals surface area contributed by atoms with E-state index in [1.165, 1.54) is 0 Å². The number of furan rings is 1. The lowest BCUT2D eigenvalue weighted by atomic mass is 9.92. The Hall–Kier alpha value is -2.57. The molecule has 3 heterocycles. The summed E-state index contributed by atoms with van der Waals surface area (Å²) in [7, 11) is 0. The molecule has 1 fully saturated rings. The van der Waals surface area contributed by atoms with Crippen molar-refractivity contribution < 1.29 is 23.5 Å². The number of oxazole rings is 1. The summed E-state index contributed by atoms with van der Waals surface area (Å²) in [5, 5.41) is 8.85. The standard InChI is InChI=1S/C16H16N2O5/c19-15(13-11-4-2-1-3-9(11)7-22-13)18-5-10(6-18)14-17-12(8-23-14)16(20)21/h7-8,10H,1-6H2,(H,20,21). The van der Waals surface area contributed by atoms with Crippen molar-refractivity contribution in [3.05, 3.63) is 41.0 Å². The Kier molecular flexibility index (Phi) is 3.21. The van der Waals surface area contributed by atoms with Crippen molar-refractivity contribution in [2.45, 2.75) is 31.6 Å². The first-order valence-corrected chi connectivity index (χ1v) is 7.70. The van der Waals surface area contributed by atoms with Gasteiger partial charge in [0.1, 0.15) is 6.26 Å². The SMILES string of the molecule is O=C(O)c1coc(C2CN(C(=O)c3occ4c3CCCC4)C2)n1. The Balaban J connectivity index is 1.44. The molecular weight excluding hydrogens is 300 g/mol. The maximum absolute atomic E-state index is 12.5. The van der Waals surface area contributed by atoms with Gasteiger partial charge in [-0.25, -0.2) is 9.78 Å². The molecule has 0 radical (unpaired) electrons. The van der Waals surface area contributed by atoms with E-state index >= 15 is 0 Å². The quantitative estimate of drug-likeness (QED) is 0.931. The monoisotopic (exact) mass is 316 g/mol. The van der Waals surface area contributed by atoms with Crippen molar-refractivity contribution in [1.82, 2.24) is 9.88 Å². The van der Waals surface area contributed by atoms with Crippen molar-refractivity contribution in [2.24, 2.45) is 0 Å². The van der Waals surface area contributed by atoms with Crippen molar-refractivity contribution in [3.8, 4) is 0 Å². The fourth-order valence-corrected chi connectivity index (χ4v) is 3.22. The molecule has 1 aliphatic carbocycles. The van der Waals surface area contributed by atoms with E-state index < -0.39 is 5.97 Å². The minimum absolute atomic E-state index is 0.0576. The van der Waals surface area contributed by atoms with E-state index in [4.69, 9.17) is 13.9 Å². The minimum atomic E-state index is -1.12. The van der Waals surface area contributed by atoms with E-state index in [9.17, 15) is 9.59 Å². The second-order valence-electron chi connectivity index (χ2n) is 6.06. The Morgan fingerprint density at radius 2 is 1.96 bits per heavy atom. The van der Waals surface area contributed by atoms with Gasteiger partial charge in [0.15, 0.2) is 11.5 Å². The van der Waals surface area contributed by atoms with E-state index in [-0.39, 0.29) is 17.5 Å². The van der Waals surface area contributed by atoms with Gasteiger partial charge in [-0.15, -0.1) is 0 Å². The molecule has 0 atom stereocenters. The zero-order chi connectivity index (χ0) is 16.0. The molecule has 1 saturated heterocycles. The summed E-state index contributed by atoms with van der Waals surface area (Å²) >= 11 is 0. The molecule has 0 spiro atoms. The molecule has 0 aromatic carbocycles. The maximum Gasteiger partial charge on any atom is 0.357 e. The fourth-order valence-electron chi connectivity index (χ4n) is 3.22.